The van der Waals surface area contributed by atoms with Gasteiger partial charge in [-0.1, -0.05) is 35.9 Å². The van der Waals surface area contributed by atoms with E-state index in [2.05, 4.69) is 16.0 Å². The molecule has 0 heterocycles. The molecule has 0 aromatic heterocycles. The molecule has 136 valence electrons. The first-order valence-electron chi connectivity index (χ1n) is 8.63. The molecular formula is C22H21N3O2. The average Bonchev–Trinajstić information content (AvgIpc) is 2.65. The molecule has 3 rings (SSSR count). The first-order valence-corrected chi connectivity index (χ1v) is 8.63. The second kappa shape index (κ2) is 8.19. The number of hydrogen-bond acceptors (Lipinski definition) is 3. The van der Waals surface area contributed by atoms with E-state index in [0.29, 0.717) is 16.9 Å². The number of hydrogen-bond donors (Lipinski definition) is 3. The summed E-state index contributed by atoms with van der Waals surface area (Å²) in [5.41, 5.74) is 4.64. The van der Waals surface area contributed by atoms with Gasteiger partial charge in [0, 0.05) is 23.9 Å². The Morgan fingerprint density at radius 3 is 2.15 bits per heavy atom. The molecule has 3 aromatic carbocycles. The van der Waals surface area contributed by atoms with Crippen LogP contribution in [0.2, 0.25) is 0 Å². The zero-order valence-corrected chi connectivity index (χ0v) is 15.2. The number of nitrogens with one attached hydrogen (secondary N) is 3. The van der Waals surface area contributed by atoms with Gasteiger partial charge in [-0.2, -0.15) is 0 Å². The highest BCUT2D eigenvalue weighted by Gasteiger charge is 2.10. The Kier molecular flexibility index (Phi) is 5.52. The predicted octanol–water partition coefficient (Wildman–Crippen LogP) is 4.95. The van der Waals surface area contributed by atoms with Gasteiger partial charge in [0.1, 0.15) is 0 Å². The van der Waals surface area contributed by atoms with E-state index in [1.54, 1.807) is 24.3 Å². The zero-order valence-electron chi connectivity index (χ0n) is 15.2. The maximum atomic E-state index is 12.6. The van der Waals surface area contributed by atoms with Crippen LogP contribution in [0.4, 0.5) is 22.7 Å². The number of benzene rings is 3. The van der Waals surface area contributed by atoms with E-state index >= 15 is 0 Å². The molecule has 0 aliphatic heterocycles. The third kappa shape index (κ3) is 4.95. The highest BCUT2D eigenvalue weighted by atomic mass is 16.2. The summed E-state index contributed by atoms with van der Waals surface area (Å²) in [6.07, 6.45) is 0. The van der Waals surface area contributed by atoms with Crippen molar-refractivity contribution in [2.45, 2.75) is 13.8 Å². The third-order valence-corrected chi connectivity index (χ3v) is 3.95. The summed E-state index contributed by atoms with van der Waals surface area (Å²) in [5, 5.41) is 8.93. The molecule has 3 N–H and O–H groups in total. The van der Waals surface area contributed by atoms with Gasteiger partial charge in [0.2, 0.25) is 5.91 Å². The molecule has 0 spiro atoms. The molecule has 3 aromatic rings. The average molecular weight is 359 g/mol. The Hall–Kier alpha value is -3.60. The van der Waals surface area contributed by atoms with Crippen molar-refractivity contribution in [1.29, 1.82) is 0 Å². The molecule has 0 bridgehead atoms. The SMILES string of the molecule is CC(=O)Nc1cccc(C(=O)Nc2ccccc2Nc2ccc(C)cc2)c1. The lowest BCUT2D eigenvalue weighted by Crippen LogP contribution is -2.14. The molecule has 0 aliphatic rings. The van der Waals surface area contributed by atoms with Crippen molar-refractivity contribution in [3.05, 3.63) is 83.9 Å². The van der Waals surface area contributed by atoms with Gasteiger partial charge < -0.3 is 16.0 Å². The minimum absolute atomic E-state index is 0.180. The van der Waals surface area contributed by atoms with Crippen LogP contribution in [0.15, 0.2) is 72.8 Å². The largest absolute Gasteiger partial charge is 0.354 e. The molecule has 0 fully saturated rings. The molecule has 0 saturated carbocycles. The van der Waals surface area contributed by atoms with E-state index in [0.717, 1.165) is 11.4 Å². The van der Waals surface area contributed by atoms with Gasteiger partial charge >= 0.3 is 0 Å². The summed E-state index contributed by atoms with van der Waals surface area (Å²) >= 11 is 0. The van der Waals surface area contributed by atoms with E-state index in [9.17, 15) is 9.59 Å². The van der Waals surface area contributed by atoms with Gasteiger partial charge in [-0.25, -0.2) is 0 Å². The number of carbonyl (C=O) groups excluding carboxylic acids is 2. The van der Waals surface area contributed by atoms with Crippen LogP contribution in [0.1, 0.15) is 22.8 Å². The van der Waals surface area contributed by atoms with E-state index in [1.807, 2.05) is 55.5 Å². The molecule has 0 aliphatic carbocycles. The second-order valence-electron chi connectivity index (χ2n) is 6.25. The van der Waals surface area contributed by atoms with Crippen molar-refractivity contribution in [3.8, 4) is 0 Å². The Labute approximate surface area is 158 Å². The lowest BCUT2D eigenvalue weighted by Gasteiger charge is -2.14. The van der Waals surface area contributed by atoms with Gasteiger partial charge in [-0.15, -0.1) is 0 Å². The van der Waals surface area contributed by atoms with Crippen molar-refractivity contribution in [2.24, 2.45) is 0 Å². The molecule has 0 saturated heterocycles. The van der Waals surface area contributed by atoms with Crippen molar-refractivity contribution < 1.29 is 9.59 Å². The lowest BCUT2D eigenvalue weighted by atomic mass is 10.1. The normalized spacial score (nSPS) is 10.1. The summed E-state index contributed by atoms with van der Waals surface area (Å²) in [5.74, 6) is -0.430. The summed E-state index contributed by atoms with van der Waals surface area (Å²) in [7, 11) is 0. The second-order valence-corrected chi connectivity index (χ2v) is 6.25. The fraction of sp³-hybridized carbons (Fsp3) is 0.0909. The molecule has 5 heteroatoms. The van der Waals surface area contributed by atoms with Crippen molar-refractivity contribution in [1.82, 2.24) is 0 Å². The molecule has 0 unspecified atom stereocenters. The van der Waals surface area contributed by atoms with Crippen LogP contribution in [-0.2, 0) is 4.79 Å². The predicted molar refractivity (Wildman–Crippen MR) is 110 cm³/mol. The summed E-state index contributed by atoms with van der Waals surface area (Å²) < 4.78 is 0. The van der Waals surface area contributed by atoms with Crippen LogP contribution in [0.5, 0.6) is 0 Å². The van der Waals surface area contributed by atoms with Gasteiger partial charge in [-0.3, -0.25) is 9.59 Å². The van der Waals surface area contributed by atoms with Gasteiger partial charge in [0.25, 0.3) is 5.91 Å². The summed E-state index contributed by atoms with van der Waals surface area (Å²) in [6.45, 7) is 3.47. The maximum absolute atomic E-state index is 12.6. The van der Waals surface area contributed by atoms with E-state index in [1.165, 1.54) is 12.5 Å². The van der Waals surface area contributed by atoms with Crippen LogP contribution in [0, 0.1) is 6.92 Å². The number of anilines is 4. The van der Waals surface area contributed by atoms with E-state index in [-0.39, 0.29) is 11.8 Å². The number of amides is 2. The van der Waals surface area contributed by atoms with Crippen LogP contribution in [0.25, 0.3) is 0 Å². The first-order chi connectivity index (χ1) is 13.0. The van der Waals surface area contributed by atoms with Crippen LogP contribution >= 0.6 is 0 Å². The molecule has 27 heavy (non-hydrogen) atoms. The Balaban J connectivity index is 1.78. The lowest BCUT2D eigenvalue weighted by molar-refractivity contribution is -0.114. The maximum Gasteiger partial charge on any atom is 0.255 e. The highest BCUT2D eigenvalue weighted by Crippen LogP contribution is 2.26. The minimum atomic E-state index is -0.250. The summed E-state index contributed by atoms with van der Waals surface area (Å²) in [6, 6.07) is 22.4. The number of rotatable bonds is 5. The van der Waals surface area contributed by atoms with Crippen LogP contribution in [0.3, 0.4) is 0 Å². The van der Waals surface area contributed by atoms with Crippen molar-refractivity contribution in [3.63, 3.8) is 0 Å². The Morgan fingerprint density at radius 1 is 0.741 bits per heavy atom. The third-order valence-electron chi connectivity index (χ3n) is 3.95. The monoisotopic (exact) mass is 359 g/mol. The van der Waals surface area contributed by atoms with Crippen LogP contribution < -0.4 is 16.0 Å². The van der Waals surface area contributed by atoms with E-state index < -0.39 is 0 Å². The summed E-state index contributed by atoms with van der Waals surface area (Å²) in [4.78, 5) is 23.9. The van der Waals surface area contributed by atoms with Crippen LogP contribution in [-0.4, -0.2) is 11.8 Å². The molecular weight excluding hydrogens is 338 g/mol. The fourth-order valence-electron chi connectivity index (χ4n) is 2.63. The fourth-order valence-corrected chi connectivity index (χ4v) is 2.63. The molecule has 5 nitrogen and oxygen atoms in total. The zero-order chi connectivity index (χ0) is 19.2. The molecule has 0 atom stereocenters. The Bertz CT molecular complexity index is 965. The van der Waals surface area contributed by atoms with Gasteiger partial charge in [0.15, 0.2) is 0 Å². The topological polar surface area (TPSA) is 70.2 Å². The smallest absolute Gasteiger partial charge is 0.255 e. The van der Waals surface area contributed by atoms with Gasteiger partial charge in [-0.05, 0) is 49.4 Å². The highest BCUT2D eigenvalue weighted by molar-refractivity contribution is 6.07. The van der Waals surface area contributed by atoms with Crippen molar-refractivity contribution in [2.75, 3.05) is 16.0 Å². The quantitative estimate of drug-likeness (QED) is 0.604. The number of para-hydroxylation sites is 2. The molecule has 0 radical (unpaired) electrons. The first kappa shape index (κ1) is 18.2. The minimum Gasteiger partial charge on any atom is -0.354 e. The Morgan fingerprint density at radius 2 is 1.44 bits per heavy atom. The van der Waals surface area contributed by atoms with Gasteiger partial charge in [0.05, 0.1) is 11.4 Å². The number of carbonyl (C=O) groups is 2. The van der Waals surface area contributed by atoms with E-state index in [4.69, 9.17) is 0 Å². The van der Waals surface area contributed by atoms with Crippen molar-refractivity contribution >= 4 is 34.6 Å². The number of aryl methyl sites for hydroxylation is 1. The standard InChI is InChI=1S/C22H21N3O2/c1-15-10-12-18(13-11-15)24-20-8-3-4-9-21(20)25-22(27)17-6-5-7-19(14-17)23-16(2)26/h3-14,24H,1-2H3,(H,23,26)(H,25,27). The molecule has 2 amide bonds.